The molecule has 0 aliphatic rings. The molecule has 0 saturated carbocycles. The molecule has 0 unspecified atom stereocenters. The second-order valence-corrected chi connectivity index (χ2v) is 3.89. The van der Waals surface area contributed by atoms with Crippen LogP contribution in [0.1, 0.15) is 5.69 Å². The maximum absolute atomic E-state index is 11.3. The van der Waals surface area contributed by atoms with Crippen LogP contribution in [0.5, 0.6) is 5.75 Å². The van der Waals surface area contributed by atoms with Crippen molar-refractivity contribution < 1.29 is 9.66 Å². The van der Waals surface area contributed by atoms with Crippen molar-refractivity contribution in [2.75, 3.05) is 19.5 Å². The predicted octanol–water partition coefficient (Wildman–Crippen LogP) is 1.81. The van der Waals surface area contributed by atoms with E-state index in [0.29, 0.717) is 11.4 Å². The Balaban J connectivity index is 2.77. The van der Waals surface area contributed by atoms with Gasteiger partial charge in [-0.1, -0.05) is 0 Å². The molecule has 2 rings (SSSR count). The molecule has 2 heterocycles. The van der Waals surface area contributed by atoms with Crippen molar-refractivity contribution in [1.82, 2.24) is 15.0 Å². The van der Waals surface area contributed by atoms with E-state index >= 15 is 0 Å². The third-order valence-electron chi connectivity index (χ3n) is 2.68. The Bertz CT molecular complexity index is 660. The molecule has 0 radical (unpaired) electrons. The van der Waals surface area contributed by atoms with Crippen LogP contribution in [0.4, 0.5) is 11.6 Å². The average Bonchev–Trinajstić information content (AvgIpc) is 2.45. The van der Waals surface area contributed by atoms with Crippen LogP contribution in [0.3, 0.4) is 0 Å². The number of nitrogens with zero attached hydrogens (tertiary/aromatic N) is 4. The Morgan fingerprint density at radius 2 is 2.10 bits per heavy atom. The smallest absolute Gasteiger partial charge is 0.318 e. The Morgan fingerprint density at radius 3 is 2.70 bits per heavy atom. The number of hydrogen-bond donors (Lipinski definition) is 1. The van der Waals surface area contributed by atoms with Crippen molar-refractivity contribution in [1.29, 1.82) is 0 Å². The van der Waals surface area contributed by atoms with Crippen molar-refractivity contribution in [3.05, 3.63) is 34.1 Å². The fraction of sp³-hybridized carbons (Fsp3) is 0.250. The van der Waals surface area contributed by atoms with E-state index in [1.54, 1.807) is 26.1 Å². The molecule has 0 saturated heterocycles. The molecule has 0 fully saturated rings. The number of hydrogen-bond acceptors (Lipinski definition) is 7. The molecular formula is C12H13N5O3. The molecule has 104 valence electrons. The quantitative estimate of drug-likeness (QED) is 0.670. The summed E-state index contributed by atoms with van der Waals surface area (Å²) in [6, 6.07) is 3.35. The number of anilines is 1. The predicted molar refractivity (Wildman–Crippen MR) is 72.8 cm³/mol. The van der Waals surface area contributed by atoms with Crippen molar-refractivity contribution >= 4 is 11.6 Å². The SMILES string of the molecule is CNc1nc(C)c([N+](=O)[O-])c(-c2ncccc2OC)n1. The third-order valence-corrected chi connectivity index (χ3v) is 2.68. The van der Waals surface area contributed by atoms with Crippen LogP contribution in [0.2, 0.25) is 0 Å². The monoisotopic (exact) mass is 275 g/mol. The van der Waals surface area contributed by atoms with Gasteiger partial charge in [0.2, 0.25) is 5.95 Å². The minimum absolute atomic E-state index is 0.129. The Morgan fingerprint density at radius 1 is 1.35 bits per heavy atom. The Hall–Kier alpha value is -2.77. The summed E-state index contributed by atoms with van der Waals surface area (Å²) in [6.07, 6.45) is 1.53. The van der Waals surface area contributed by atoms with Gasteiger partial charge >= 0.3 is 5.69 Å². The summed E-state index contributed by atoms with van der Waals surface area (Å²) in [6.45, 7) is 1.56. The van der Waals surface area contributed by atoms with Gasteiger partial charge < -0.3 is 10.1 Å². The zero-order chi connectivity index (χ0) is 14.7. The molecule has 8 heteroatoms. The summed E-state index contributed by atoms with van der Waals surface area (Å²) in [5, 5.41) is 14.0. The van der Waals surface area contributed by atoms with Crippen molar-refractivity contribution in [3.8, 4) is 17.1 Å². The van der Waals surface area contributed by atoms with E-state index in [9.17, 15) is 10.1 Å². The van der Waals surface area contributed by atoms with Gasteiger partial charge in [0.1, 0.15) is 17.1 Å². The number of aromatic nitrogens is 3. The van der Waals surface area contributed by atoms with Gasteiger partial charge in [-0.05, 0) is 19.1 Å². The molecule has 8 nitrogen and oxygen atoms in total. The number of nitro groups is 1. The molecular weight excluding hydrogens is 262 g/mol. The lowest BCUT2D eigenvalue weighted by atomic mass is 10.2. The molecule has 0 aliphatic heterocycles. The number of methoxy groups -OCH3 is 1. The van der Waals surface area contributed by atoms with E-state index in [2.05, 4.69) is 20.3 Å². The van der Waals surface area contributed by atoms with Crippen LogP contribution in [-0.4, -0.2) is 34.0 Å². The Kier molecular flexibility index (Phi) is 3.74. The van der Waals surface area contributed by atoms with Crippen LogP contribution in [0.25, 0.3) is 11.4 Å². The van der Waals surface area contributed by atoms with Crippen LogP contribution < -0.4 is 10.1 Å². The lowest BCUT2D eigenvalue weighted by Crippen LogP contribution is -2.06. The molecule has 2 aromatic rings. The van der Waals surface area contributed by atoms with Gasteiger partial charge in [-0.15, -0.1) is 0 Å². The zero-order valence-electron chi connectivity index (χ0n) is 11.2. The minimum Gasteiger partial charge on any atom is -0.494 e. The molecule has 2 aromatic heterocycles. The van der Waals surface area contributed by atoms with Gasteiger partial charge in [-0.2, -0.15) is 0 Å². The van der Waals surface area contributed by atoms with E-state index in [1.807, 2.05) is 0 Å². The topological polar surface area (TPSA) is 103 Å². The van der Waals surface area contributed by atoms with Crippen LogP contribution in [-0.2, 0) is 0 Å². The van der Waals surface area contributed by atoms with Crippen molar-refractivity contribution in [3.63, 3.8) is 0 Å². The van der Waals surface area contributed by atoms with Crippen molar-refractivity contribution in [2.45, 2.75) is 6.92 Å². The molecule has 0 aliphatic carbocycles. The van der Waals surface area contributed by atoms with E-state index in [-0.39, 0.29) is 23.0 Å². The largest absolute Gasteiger partial charge is 0.494 e. The molecule has 1 N–H and O–H groups in total. The number of pyridine rings is 1. The fourth-order valence-electron chi connectivity index (χ4n) is 1.80. The third kappa shape index (κ3) is 2.35. The summed E-state index contributed by atoms with van der Waals surface area (Å²) >= 11 is 0. The minimum atomic E-state index is -0.516. The molecule has 0 aromatic carbocycles. The van der Waals surface area contributed by atoms with E-state index < -0.39 is 4.92 Å². The summed E-state index contributed by atoms with van der Waals surface area (Å²) in [5.74, 6) is 0.701. The average molecular weight is 275 g/mol. The van der Waals surface area contributed by atoms with Crippen LogP contribution in [0.15, 0.2) is 18.3 Å². The highest BCUT2D eigenvalue weighted by molar-refractivity contribution is 5.73. The molecule has 0 bridgehead atoms. The van der Waals surface area contributed by atoms with E-state index in [0.717, 1.165) is 0 Å². The maximum atomic E-state index is 11.3. The number of rotatable bonds is 4. The second-order valence-electron chi connectivity index (χ2n) is 3.89. The lowest BCUT2D eigenvalue weighted by molar-refractivity contribution is -0.385. The first-order valence-electron chi connectivity index (χ1n) is 5.78. The van der Waals surface area contributed by atoms with Gasteiger partial charge in [-0.25, -0.2) is 9.97 Å². The number of nitrogens with one attached hydrogen (secondary N) is 1. The summed E-state index contributed by atoms with van der Waals surface area (Å²) < 4.78 is 5.18. The molecule has 0 spiro atoms. The van der Waals surface area contributed by atoms with Crippen LogP contribution in [0, 0.1) is 17.0 Å². The van der Waals surface area contributed by atoms with Gasteiger partial charge in [0, 0.05) is 13.2 Å². The van der Waals surface area contributed by atoms with Gasteiger partial charge in [0.15, 0.2) is 5.69 Å². The molecule has 20 heavy (non-hydrogen) atoms. The Labute approximate surface area is 115 Å². The molecule has 0 atom stereocenters. The lowest BCUT2D eigenvalue weighted by Gasteiger charge is -2.09. The van der Waals surface area contributed by atoms with Gasteiger partial charge in [0.05, 0.1) is 12.0 Å². The summed E-state index contributed by atoms with van der Waals surface area (Å²) in [5.41, 5.74) is 0.519. The van der Waals surface area contributed by atoms with Gasteiger partial charge in [0.25, 0.3) is 0 Å². The number of aryl methyl sites for hydroxylation is 1. The standard InChI is InChI=1S/C12H13N5O3/c1-7-11(17(18)19)10(16-12(13-2)15-7)9-8(20-3)5-4-6-14-9/h4-6H,1-3H3,(H,13,15,16). The van der Waals surface area contributed by atoms with Gasteiger partial charge in [-0.3, -0.25) is 15.1 Å². The second kappa shape index (κ2) is 5.47. The van der Waals surface area contributed by atoms with E-state index in [1.165, 1.54) is 13.3 Å². The fourth-order valence-corrected chi connectivity index (χ4v) is 1.80. The zero-order valence-corrected chi connectivity index (χ0v) is 11.2. The van der Waals surface area contributed by atoms with E-state index in [4.69, 9.17) is 4.74 Å². The molecule has 0 amide bonds. The van der Waals surface area contributed by atoms with Crippen molar-refractivity contribution in [2.24, 2.45) is 0 Å². The number of ether oxygens (including phenoxy) is 1. The van der Waals surface area contributed by atoms with Crippen LogP contribution >= 0.6 is 0 Å². The normalized spacial score (nSPS) is 10.2. The highest BCUT2D eigenvalue weighted by Crippen LogP contribution is 2.34. The maximum Gasteiger partial charge on any atom is 0.318 e. The highest BCUT2D eigenvalue weighted by atomic mass is 16.6. The first kappa shape index (κ1) is 13.7. The first-order chi connectivity index (χ1) is 9.58. The summed E-state index contributed by atoms with van der Waals surface area (Å²) in [4.78, 5) is 23.0. The highest BCUT2D eigenvalue weighted by Gasteiger charge is 2.26. The summed E-state index contributed by atoms with van der Waals surface area (Å²) in [7, 11) is 3.11. The first-order valence-corrected chi connectivity index (χ1v) is 5.78.